The highest BCUT2D eigenvalue weighted by atomic mass is 32.2. The predicted octanol–water partition coefficient (Wildman–Crippen LogP) is 1.62. The molecule has 0 bridgehead atoms. The Labute approximate surface area is 109 Å². The molecule has 1 amide bonds. The topological polar surface area (TPSA) is 54.0 Å². The second-order valence-corrected chi connectivity index (χ2v) is 6.70. The van der Waals surface area contributed by atoms with E-state index in [1.54, 1.807) is 23.1 Å². The molecule has 3 rings (SSSR count). The summed E-state index contributed by atoms with van der Waals surface area (Å²) in [5.74, 6) is 1.24. The summed E-state index contributed by atoms with van der Waals surface area (Å²) >= 11 is 3.36. The highest BCUT2D eigenvalue weighted by molar-refractivity contribution is 8.00. The minimum Gasteiger partial charge on any atom is -0.311 e. The molecule has 1 fully saturated rings. The fourth-order valence-electron chi connectivity index (χ4n) is 2.15. The Hall–Kier alpha value is -0.590. The van der Waals surface area contributed by atoms with Gasteiger partial charge in [-0.25, -0.2) is 4.98 Å². The van der Waals surface area contributed by atoms with E-state index in [1.807, 2.05) is 0 Å². The summed E-state index contributed by atoms with van der Waals surface area (Å²) in [6.07, 6.45) is 3.13. The van der Waals surface area contributed by atoms with E-state index in [-0.39, 0.29) is 11.2 Å². The van der Waals surface area contributed by atoms with Crippen molar-refractivity contribution < 1.29 is 4.79 Å². The fourth-order valence-corrected chi connectivity index (χ4v) is 4.29. The number of thioether (sulfide) groups is 1. The Balaban J connectivity index is 1.68. The Morgan fingerprint density at radius 1 is 1.53 bits per heavy atom. The van der Waals surface area contributed by atoms with Gasteiger partial charge in [0.25, 0.3) is 0 Å². The molecule has 1 unspecified atom stereocenters. The van der Waals surface area contributed by atoms with Gasteiger partial charge in [0.15, 0.2) is 5.13 Å². The van der Waals surface area contributed by atoms with Gasteiger partial charge >= 0.3 is 0 Å². The molecule has 0 spiro atoms. The molecule has 6 heteroatoms. The van der Waals surface area contributed by atoms with Gasteiger partial charge in [-0.15, -0.1) is 23.1 Å². The minimum absolute atomic E-state index is 0.131. The van der Waals surface area contributed by atoms with E-state index in [4.69, 9.17) is 0 Å². The first-order valence-corrected chi connectivity index (χ1v) is 7.81. The normalized spacial score (nSPS) is 23.4. The molecule has 17 heavy (non-hydrogen) atoms. The number of rotatable bonds is 2. The zero-order valence-electron chi connectivity index (χ0n) is 9.49. The van der Waals surface area contributed by atoms with Crippen LogP contribution in [0, 0.1) is 0 Å². The largest absolute Gasteiger partial charge is 0.311 e. The van der Waals surface area contributed by atoms with E-state index >= 15 is 0 Å². The zero-order chi connectivity index (χ0) is 11.7. The standard InChI is InChI=1S/C11H15N3OS2/c15-10(8-2-1-5-16-8)14-11-13-7-3-4-12-6-9(7)17-11/h8,12H,1-6H2,(H,13,14,15). The van der Waals surface area contributed by atoms with Crippen LogP contribution in [0.2, 0.25) is 0 Å². The molecule has 2 aliphatic rings. The van der Waals surface area contributed by atoms with E-state index in [0.29, 0.717) is 0 Å². The number of nitrogens with one attached hydrogen (secondary N) is 2. The number of carbonyl (C=O) groups is 1. The Kier molecular flexibility index (Phi) is 3.35. The SMILES string of the molecule is O=C(Nc1nc2c(s1)CNCC2)C1CCCS1. The highest BCUT2D eigenvalue weighted by Crippen LogP contribution is 2.29. The lowest BCUT2D eigenvalue weighted by atomic mass is 10.2. The average molecular weight is 269 g/mol. The summed E-state index contributed by atoms with van der Waals surface area (Å²) in [5.41, 5.74) is 1.16. The lowest BCUT2D eigenvalue weighted by Gasteiger charge is -2.09. The number of thiazole rings is 1. The third-order valence-electron chi connectivity index (χ3n) is 3.05. The summed E-state index contributed by atoms with van der Waals surface area (Å²) in [5, 5.41) is 7.18. The van der Waals surface area contributed by atoms with Crippen LogP contribution in [0.1, 0.15) is 23.4 Å². The summed E-state index contributed by atoms with van der Waals surface area (Å²) in [7, 11) is 0. The van der Waals surface area contributed by atoms with Gasteiger partial charge < -0.3 is 10.6 Å². The molecule has 2 N–H and O–H groups in total. The summed E-state index contributed by atoms with van der Waals surface area (Å²) < 4.78 is 0. The number of nitrogens with zero attached hydrogens (tertiary/aromatic N) is 1. The minimum atomic E-state index is 0.131. The van der Waals surface area contributed by atoms with E-state index in [2.05, 4.69) is 15.6 Å². The number of fused-ring (bicyclic) bond motifs is 1. The summed E-state index contributed by atoms with van der Waals surface area (Å²) in [4.78, 5) is 17.7. The van der Waals surface area contributed by atoms with Gasteiger partial charge in [-0.2, -0.15) is 0 Å². The smallest absolute Gasteiger partial charge is 0.239 e. The van der Waals surface area contributed by atoms with Gasteiger partial charge in [0.05, 0.1) is 10.9 Å². The maximum Gasteiger partial charge on any atom is 0.239 e. The quantitative estimate of drug-likeness (QED) is 0.857. The van der Waals surface area contributed by atoms with Gasteiger partial charge in [-0.1, -0.05) is 0 Å². The van der Waals surface area contributed by atoms with Crippen molar-refractivity contribution in [2.45, 2.75) is 31.1 Å². The highest BCUT2D eigenvalue weighted by Gasteiger charge is 2.24. The molecule has 1 aromatic heterocycles. The van der Waals surface area contributed by atoms with Crippen LogP contribution >= 0.6 is 23.1 Å². The molecule has 1 aromatic rings. The van der Waals surface area contributed by atoms with Crippen molar-refractivity contribution in [1.82, 2.24) is 10.3 Å². The second kappa shape index (κ2) is 4.96. The monoisotopic (exact) mass is 269 g/mol. The molecule has 0 aromatic carbocycles. The van der Waals surface area contributed by atoms with Crippen LogP contribution in [0.5, 0.6) is 0 Å². The van der Waals surface area contributed by atoms with Gasteiger partial charge in [0.1, 0.15) is 0 Å². The van der Waals surface area contributed by atoms with Crippen LogP contribution in [0.4, 0.5) is 5.13 Å². The van der Waals surface area contributed by atoms with Crippen LogP contribution in [0.15, 0.2) is 0 Å². The molecule has 3 heterocycles. The van der Waals surface area contributed by atoms with Crippen molar-refractivity contribution in [2.75, 3.05) is 17.6 Å². The summed E-state index contributed by atoms with van der Waals surface area (Å²) in [6, 6.07) is 0. The van der Waals surface area contributed by atoms with Crippen LogP contribution in [-0.4, -0.2) is 28.4 Å². The first-order valence-electron chi connectivity index (χ1n) is 5.95. The second-order valence-electron chi connectivity index (χ2n) is 4.31. The van der Waals surface area contributed by atoms with Gasteiger partial charge in [-0.3, -0.25) is 4.79 Å². The first kappa shape index (κ1) is 11.5. The van der Waals surface area contributed by atoms with Crippen molar-refractivity contribution in [3.05, 3.63) is 10.6 Å². The Morgan fingerprint density at radius 2 is 2.47 bits per heavy atom. The molecule has 0 aliphatic carbocycles. The number of hydrogen-bond donors (Lipinski definition) is 2. The van der Waals surface area contributed by atoms with Crippen LogP contribution < -0.4 is 10.6 Å². The molecule has 4 nitrogen and oxygen atoms in total. The molecule has 2 aliphatic heterocycles. The maximum atomic E-state index is 11.9. The number of hydrogen-bond acceptors (Lipinski definition) is 5. The first-order chi connectivity index (χ1) is 8.33. The molecule has 1 saturated heterocycles. The summed E-state index contributed by atoms with van der Waals surface area (Å²) in [6.45, 7) is 1.88. The third kappa shape index (κ3) is 2.48. The third-order valence-corrected chi connectivity index (χ3v) is 5.44. The molecular weight excluding hydrogens is 254 g/mol. The Bertz CT molecular complexity index is 403. The lowest BCUT2D eigenvalue weighted by Crippen LogP contribution is -2.23. The lowest BCUT2D eigenvalue weighted by molar-refractivity contribution is -0.115. The molecule has 0 saturated carbocycles. The molecule has 1 atom stereocenters. The van der Waals surface area contributed by atoms with Gasteiger partial charge in [-0.05, 0) is 18.6 Å². The van der Waals surface area contributed by atoms with Crippen molar-refractivity contribution in [2.24, 2.45) is 0 Å². The van der Waals surface area contributed by atoms with E-state index < -0.39 is 0 Å². The van der Waals surface area contributed by atoms with Crippen molar-refractivity contribution >= 4 is 34.1 Å². The van der Waals surface area contributed by atoms with E-state index in [9.17, 15) is 4.79 Å². The molecule has 92 valence electrons. The van der Waals surface area contributed by atoms with Crippen molar-refractivity contribution in [1.29, 1.82) is 0 Å². The molecular formula is C11H15N3OS2. The zero-order valence-corrected chi connectivity index (χ0v) is 11.1. The van der Waals surface area contributed by atoms with Gasteiger partial charge in [0, 0.05) is 24.4 Å². The number of aromatic nitrogens is 1. The maximum absolute atomic E-state index is 11.9. The van der Waals surface area contributed by atoms with Crippen molar-refractivity contribution in [3.63, 3.8) is 0 Å². The number of anilines is 1. The Morgan fingerprint density at radius 3 is 3.24 bits per heavy atom. The number of carbonyl (C=O) groups excluding carboxylic acids is 1. The predicted molar refractivity (Wildman–Crippen MR) is 71.6 cm³/mol. The molecule has 0 radical (unpaired) electrons. The fraction of sp³-hybridized carbons (Fsp3) is 0.636. The van der Waals surface area contributed by atoms with Crippen LogP contribution in [0.3, 0.4) is 0 Å². The van der Waals surface area contributed by atoms with E-state index in [0.717, 1.165) is 48.9 Å². The van der Waals surface area contributed by atoms with Crippen LogP contribution in [0.25, 0.3) is 0 Å². The van der Waals surface area contributed by atoms with Crippen molar-refractivity contribution in [3.8, 4) is 0 Å². The number of amides is 1. The van der Waals surface area contributed by atoms with E-state index in [1.165, 1.54) is 4.88 Å². The average Bonchev–Trinajstić information content (AvgIpc) is 2.97. The van der Waals surface area contributed by atoms with Gasteiger partial charge in [0.2, 0.25) is 5.91 Å². The van der Waals surface area contributed by atoms with Crippen LogP contribution in [-0.2, 0) is 17.8 Å².